The molecule has 0 atom stereocenters. The molecule has 0 aromatic carbocycles. The average molecular weight is 366 g/mol. The van der Waals surface area contributed by atoms with Gasteiger partial charge in [0.25, 0.3) is 0 Å². The smallest absolute Gasteiger partial charge is 0.230 e. The molecule has 0 radical (unpaired) electrons. The lowest BCUT2D eigenvalue weighted by Gasteiger charge is -2.36. The van der Waals surface area contributed by atoms with E-state index in [0.29, 0.717) is 44.8 Å². The van der Waals surface area contributed by atoms with Gasteiger partial charge < -0.3 is 15.1 Å². The fourth-order valence-corrected chi connectivity index (χ4v) is 3.91. The summed E-state index contributed by atoms with van der Waals surface area (Å²) in [4.78, 5) is 31.9. The van der Waals surface area contributed by atoms with Gasteiger partial charge in [-0.1, -0.05) is 0 Å². The van der Waals surface area contributed by atoms with E-state index in [0.717, 1.165) is 11.3 Å². The van der Waals surface area contributed by atoms with E-state index in [9.17, 15) is 18.0 Å². The van der Waals surface area contributed by atoms with Crippen LogP contribution in [0.2, 0.25) is 0 Å². The fourth-order valence-electron chi connectivity index (χ4n) is 3.24. The summed E-state index contributed by atoms with van der Waals surface area (Å²) in [6.45, 7) is 2.55. The number of amides is 2. The fraction of sp³-hybridized carbons (Fsp3) is 0.562. The number of carbonyl (C=O) groups is 2. The van der Waals surface area contributed by atoms with Crippen LogP contribution in [0.5, 0.6) is 0 Å². The molecule has 1 aromatic heterocycles. The summed E-state index contributed by atoms with van der Waals surface area (Å²) < 4.78 is 22.3. The zero-order chi connectivity index (χ0) is 18.0. The molecule has 2 aliphatic heterocycles. The van der Waals surface area contributed by atoms with E-state index < -0.39 is 9.84 Å². The number of hydrogen-bond acceptors (Lipinski definition) is 6. The predicted octanol–water partition coefficient (Wildman–Crippen LogP) is 0.0496. The second-order valence-electron chi connectivity index (χ2n) is 6.48. The number of piperazine rings is 1. The van der Waals surface area contributed by atoms with Crippen LogP contribution >= 0.6 is 0 Å². The highest BCUT2D eigenvalue weighted by molar-refractivity contribution is 7.90. The summed E-state index contributed by atoms with van der Waals surface area (Å²) >= 11 is 0. The van der Waals surface area contributed by atoms with Gasteiger partial charge >= 0.3 is 0 Å². The first-order valence-electron chi connectivity index (χ1n) is 8.32. The third kappa shape index (κ3) is 4.28. The van der Waals surface area contributed by atoms with Gasteiger partial charge in [-0.2, -0.15) is 0 Å². The Bertz CT molecular complexity index is 785. The van der Waals surface area contributed by atoms with Crippen molar-refractivity contribution in [3.8, 4) is 0 Å². The van der Waals surface area contributed by atoms with E-state index in [-0.39, 0.29) is 24.0 Å². The zero-order valence-electron chi connectivity index (χ0n) is 14.2. The van der Waals surface area contributed by atoms with Gasteiger partial charge in [-0.3, -0.25) is 9.59 Å². The van der Waals surface area contributed by atoms with Crippen LogP contribution in [-0.4, -0.2) is 68.3 Å². The van der Waals surface area contributed by atoms with Crippen molar-refractivity contribution in [1.29, 1.82) is 0 Å². The standard InChI is InChI=1S/C16H22N4O4S/c1-25(23,24)10-2-3-15(22)20-8-6-19(7-9-20)13-4-5-17-16-12(13)11-14(21)18-16/h4-5H,2-3,6-11H2,1H3,(H,17,18,21). The maximum Gasteiger partial charge on any atom is 0.230 e. The molecule has 1 aromatic rings. The Balaban J connectivity index is 1.55. The van der Waals surface area contributed by atoms with Gasteiger partial charge in [0, 0.05) is 56.3 Å². The van der Waals surface area contributed by atoms with Crippen LogP contribution < -0.4 is 10.2 Å². The summed E-state index contributed by atoms with van der Waals surface area (Å²) in [5, 5.41) is 2.75. The highest BCUT2D eigenvalue weighted by Crippen LogP contribution is 2.31. The molecule has 0 saturated carbocycles. The first-order chi connectivity index (χ1) is 11.8. The van der Waals surface area contributed by atoms with Gasteiger partial charge in [-0.25, -0.2) is 13.4 Å². The van der Waals surface area contributed by atoms with E-state index in [1.807, 2.05) is 6.07 Å². The molecule has 3 heterocycles. The number of hydrogen-bond donors (Lipinski definition) is 1. The first kappa shape index (κ1) is 17.7. The SMILES string of the molecule is CS(=O)(=O)CCCC(=O)N1CCN(c2ccnc3c2CC(=O)N3)CC1. The molecule has 0 bridgehead atoms. The molecule has 136 valence electrons. The number of sulfone groups is 1. The normalized spacial score (nSPS) is 17.4. The van der Waals surface area contributed by atoms with E-state index in [1.165, 1.54) is 6.26 Å². The van der Waals surface area contributed by atoms with Gasteiger partial charge in [0.05, 0.1) is 12.2 Å². The Morgan fingerprint density at radius 1 is 1.28 bits per heavy atom. The maximum absolute atomic E-state index is 12.2. The van der Waals surface area contributed by atoms with Crippen LogP contribution in [0, 0.1) is 0 Å². The van der Waals surface area contributed by atoms with Gasteiger partial charge in [-0.15, -0.1) is 0 Å². The summed E-state index contributed by atoms with van der Waals surface area (Å²) in [6, 6.07) is 1.91. The van der Waals surface area contributed by atoms with Crippen LogP contribution in [0.4, 0.5) is 11.5 Å². The lowest BCUT2D eigenvalue weighted by atomic mass is 10.1. The molecule has 25 heavy (non-hydrogen) atoms. The van der Waals surface area contributed by atoms with Crippen molar-refractivity contribution >= 4 is 33.2 Å². The quantitative estimate of drug-likeness (QED) is 0.790. The van der Waals surface area contributed by atoms with Crippen molar-refractivity contribution in [2.24, 2.45) is 0 Å². The number of anilines is 2. The van der Waals surface area contributed by atoms with Crippen LogP contribution in [0.1, 0.15) is 18.4 Å². The molecule has 1 fully saturated rings. The van der Waals surface area contributed by atoms with Crippen molar-refractivity contribution in [3.63, 3.8) is 0 Å². The highest BCUT2D eigenvalue weighted by atomic mass is 32.2. The van der Waals surface area contributed by atoms with Crippen molar-refractivity contribution < 1.29 is 18.0 Å². The van der Waals surface area contributed by atoms with Gasteiger partial charge in [0.2, 0.25) is 11.8 Å². The van der Waals surface area contributed by atoms with Crippen molar-refractivity contribution in [2.45, 2.75) is 19.3 Å². The number of nitrogens with zero attached hydrogens (tertiary/aromatic N) is 3. The monoisotopic (exact) mass is 366 g/mol. The lowest BCUT2D eigenvalue weighted by molar-refractivity contribution is -0.131. The molecule has 0 spiro atoms. The lowest BCUT2D eigenvalue weighted by Crippen LogP contribution is -2.49. The van der Waals surface area contributed by atoms with Crippen molar-refractivity contribution in [1.82, 2.24) is 9.88 Å². The highest BCUT2D eigenvalue weighted by Gasteiger charge is 2.27. The number of carbonyl (C=O) groups excluding carboxylic acids is 2. The molecule has 0 unspecified atom stereocenters. The van der Waals surface area contributed by atoms with Gasteiger partial charge in [0.15, 0.2) is 0 Å². The molecule has 3 rings (SSSR count). The maximum atomic E-state index is 12.2. The van der Waals surface area contributed by atoms with Gasteiger partial charge in [0.1, 0.15) is 15.7 Å². The molecular weight excluding hydrogens is 344 g/mol. The third-order valence-corrected chi connectivity index (χ3v) is 5.54. The minimum absolute atomic E-state index is 0.0000941. The topological polar surface area (TPSA) is 99.7 Å². The molecular formula is C16H22N4O4S. The summed E-state index contributed by atoms with van der Waals surface area (Å²) in [7, 11) is -3.02. The Morgan fingerprint density at radius 2 is 2.00 bits per heavy atom. The Morgan fingerprint density at radius 3 is 2.68 bits per heavy atom. The molecule has 9 heteroatoms. The molecule has 1 N–H and O–H groups in total. The summed E-state index contributed by atoms with van der Waals surface area (Å²) in [5.41, 5.74) is 1.91. The van der Waals surface area contributed by atoms with Gasteiger partial charge in [-0.05, 0) is 12.5 Å². The van der Waals surface area contributed by atoms with E-state index in [4.69, 9.17) is 0 Å². The zero-order valence-corrected chi connectivity index (χ0v) is 15.0. The number of aromatic nitrogens is 1. The van der Waals surface area contributed by atoms with E-state index >= 15 is 0 Å². The number of rotatable bonds is 5. The van der Waals surface area contributed by atoms with Crippen LogP contribution in [0.15, 0.2) is 12.3 Å². The minimum atomic E-state index is -3.02. The van der Waals surface area contributed by atoms with Crippen LogP contribution in [0.3, 0.4) is 0 Å². The second-order valence-corrected chi connectivity index (χ2v) is 8.74. The van der Waals surface area contributed by atoms with Crippen molar-refractivity contribution in [3.05, 3.63) is 17.8 Å². The van der Waals surface area contributed by atoms with E-state index in [2.05, 4.69) is 15.2 Å². The molecule has 8 nitrogen and oxygen atoms in total. The molecule has 1 saturated heterocycles. The second kappa shape index (κ2) is 6.99. The molecule has 0 aliphatic carbocycles. The molecule has 2 aliphatic rings. The largest absolute Gasteiger partial charge is 0.368 e. The number of fused-ring (bicyclic) bond motifs is 1. The predicted molar refractivity (Wildman–Crippen MR) is 94.3 cm³/mol. The molecule has 2 amide bonds. The Hall–Kier alpha value is -2.16. The van der Waals surface area contributed by atoms with Crippen LogP contribution in [-0.2, 0) is 25.8 Å². The van der Waals surface area contributed by atoms with Crippen molar-refractivity contribution in [2.75, 3.05) is 48.4 Å². The summed E-state index contributed by atoms with van der Waals surface area (Å²) in [5.74, 6) is 0.625. The first-order valence-corrected chi connectivity index (χ1v) is 10.4. The number of nitrogens with one attached hydrogen (secondary N) is 1. The third-order valence-electron chi connectivity index (χ3n) is 4.51. The Labute approximate surface area is 147 Å². The number of pyridine rings is 1. The van der Waals surface area contributed by atoms with E-state index in [1.54, 1.807) is 11.1 Å². The minimum Gasteiger partial charge on any atom is -0.368 e. The Kier molecular flexibility index (Phi) is 4.94. The average Bonchev–Trinajstić information content (AvgIpc) is 2.94. The summed E-state index contributed by atoms with van der Waals surface area (Å²) in [6.07, 6.45) is 3.83. The van der Waals surface area contributed by atoms with Crippen LogP contribution in [0.25, 0.3) is 0 Å².